The Bertz CT molecular complexity index is 797. The topological polar surface area (TPSA) is 70.7 Å². The molecule has 0 aliphatic rings. The number of hydrogen-bond acceptors (Lipinski definition) is 3. The van der Waals surface area contributed by atoms with E-state index in [2.05, 4.69) is 20.5 Å². The number of amides is 1. The van der Waals surface area contributed by atoms with Crippen LogP contribution in [0.4, 0.5) is 10.1 Å². The van der Waals surface area contributed by atoms with Crippen LogP contribution in [-0.2, 0) is 0 Å². The summed E-state index contributed by atoms with van der Waals surface area (Å²) in [5.41, 5.74) is 2.85. The molecule has 0 fully saturated rings. The number of aromatic nitrogens is 3. The quantitative estimate of drug-likeness (QED) is 0.780. The maximum atomic E-state index is 13.0. The highest BCUT2D eigenvalue weighted by Gasteiger charge is 2.16. The lowest BCUT2D eigenvalue weighted by Gasteiger charge is -2.06. The number of carbonyl (C=O) groups is 1. The molecule has 0 saturated carbocycles. The molecule has 0 atom stereocenters. The summed E-state index contributed by atoms with van der Waals surface area (Å²) >= 11 is 0. The first-order valence-electron chi connectivity index (χ1n) is 6.68. The number of carbonyl (C=O) groups excluding carboxylic acids is 1. The number of pyridine rings is 1. The zero-order valence-electron chi connectivity index (χ0n) is 11.8. The summed E-state index contributed by atoms with van der Waals surface area (Å²) in [6.07, 6.45) is 1.55. The minimum Gasteiger partial charge on any atom is -0.317 e. The molecular weight excluding hydrogens is 283 g/mol. The second kappa shape index (κ2) is 5.77. The number of anilines is 1. The maximum Gasteiger partial charge on any atom is 0.274 e. The molecule has 0 aliphatic carbocycles. The van der Waals surface area contributed by atoms with Crippen LogP contribution in [0.15, 0.2) is 48.7 Å². The van der Waals surface area contributed by atoms with Crippen molar-refractivity contribution in [1.82, 2.24) is 15.2 Å². The van der Waals surface area contributed by atoms with Crippen LogP contribution in [0.5, 0.6) is 0 Å². The van der Waals surface area contributed by atoms with Crippen LogP contribution in [0.2, 0.25) is 0 Å². The molecule has 0 radical (unpaired) electrons. The molecule has 2 aromatic heterocycles. The van der Waals surface area contributed by atoms with E-state index in [0.29, 0.717) is 28.3 Å². The number of H-pyrrole nitrogens is 1. The highest BCUT2D eigenvalue weighted by Crippen LogP contribution is 2.28. The van der Waals surface area contributed by atoms with Gasteiger partial charge in [0.15, 0.2) is 0 Å². The Morgan fingerprint density at radius 3 is 2.64 bits per heavy atom. The van der Waals surface area contributed by atoms with Gasteiger partial charge in [0.05, 0.1) is 11.4 Å². The van der Waals surface area contributed by atoms with Crippen LogP contribution in [0, 0.1) is 12.7 Å². The highest BCUT2D eigenvalue weighted by atomic mass is 19.1. The summed E-state index contributed by atoms with van der Waals surface area (Å²) in [6.45, 7) is 1.80. The second-order valence-electron chi connectivity index (χ2n) is 4.75. The monoisotopic (exact) mass is 296 g/mol. The Labute approximate surface area is 126 Å². The van der Waals surface area contributed by atoms with Crippen molar-refractivity contribution >= 4 is 11.6 Å². The van der Waals surface area contributed by atoms with Crippen LogP contribution in [-0.4, -0.2) is 21.1 Å². The van der Waals surface area contributed by atoms with Crippen molar-refractivity contribution in [3.05, 3.63) is 65.9 Å². The predicted octanol–water partition coefficient (Wildman–Crippen LogP) is 3.17. The van der Waals surface area contributed by atoms with Crippen molar-refractivity contribution in [3.8, 4) is 11.3 Å². The Morgan fingerprint density at radius 1 is 1.18 bits per heavy atom. The van der Waals surface area contributed by atoms with Crippen molar-refractivity contribution in [2.75, 3.05) is 5.32 Å². The van der Waals surface area contributed by atoms with E-state index < -0.39 is 0 Å². The van der Waals surface area contributed by atoms with Crippen LogP contribution >= 0.6 is 0 Å². The van der Waals surface area contributed by atoms with Gasteiger partial charge in [0.2, 0.25) is 0 Å². The number of rotatable bonds is 3. The van der Waals surface area contributed by atoms with E-state index in [4.69, 9.17) is 0 Å². The standard InChI is InChI=1S/C16H13FN4O/c1-10-14(19-16(22)13-4-2-3-9-18-13)15(21-20-10)11-5-7-12(17)8-6-11/h2-9H,1H3,(H,19,22)(H,20,21). The summed E-state index contributed by atoms with van der Waals surface area (Å²) < 4.78 is 13.0. The number of benzene rings is 1. The molecule has 0 aliphatic heterocycles. The Hall–Kier alpha value is -3.02. The molecule has 0 unspecified atom stereocenters. The number of nitrogens with one attached hydrogen (secondary N) is 2. The minimum absolute atomic E-state index is 0.313. The van der Waals surface area contributed by atoms with Crippen molar-refractivity contribution < 1.29 is 9.18 Å². The van der Waals surface area contributed by atoms with Gasteiger partial charge in [-0.1, -0.05) is 6.07 Å². The maximum absolute atomic E-state index is 13.0. The first-order chi connectivity index (χ1) is 10.6. The third kappa shape index (κ3) is 2.71. The van der Waals surface area contributed by atoms with Gasteiger partial charge in [-0.15, -0.1) is 0 Å². The van der Waals surface area contributed by atoms with Crippen molar-refractivity contribution in [3.63, 3.8) is 0 Å². The van der Waals surface area contributed by atoms with E-state index in [9.17, 15) is 9.18 Å². The molecule has 110 valence electrons. The molecule has 0 saturated heterocycles. The first kappa shape index (κ1) is 13.9. The van der Waals surface area contributed by atoms with E-state index in [1.807, 2.05) is 0 Å². The fourth-order valence-electron chi connectivity index (χ4n) is 2.07. The second-order valence-corrected chi connectivity index (χ2v) is 4.75. The average Bonchev–Trinajstić information content (AvgIpc) is 2.90. The van der Waals surface area contributed by atoms with Crippen molar-refractivity contribution in [2.24, 2.45) is 0 Å². The molecule has 0 spiro atoms. The van der Waals surface area contributed by atoms with E-state index in [-0.39, 0.29) is 11.7 Å². The number of halogens is 1. The number of aromatic amines is 1. The van der Waals surface area contributed by atoms with E-state index in [0.717, 1.165) is 0 Å². The number of aryl methyl sites for hydroxylation is 1. The third-order valence-electron chi connectivity index (χ3n) is 3.20. The molecule has 22 heavy (non-hydrogen) atoms. The summed E-state index contributed by atoms with van der Waals surface area (Å²) in [4.78, 5) is 16.2. The summed E-state index contributed by atoms with van der Waals surface area (Å²) in [5, 5.41) is 9.81. The lowest BCUT2D eigenvalue weighted by molar-refractivity contribution is 0.102. The van der Waals surface area contributed by atoms with E-state index >= 15 is 0 Å². The Morgan fingerprint density at radius 2 is 1.95 bits per heavy atom. The third-order valence-corrected chi connectivity index (χ3v) is 3.20. The normalized spacial score (nSPS) is 10.5. The van der Waals surface area contributed by atoms with Gasteiger partial charge >= 0.3 is 0 Å². The highest BCUT2D eigenvalue weighted by molar-refractivity contribution is 6.05. The lowest BCUT2D eigenvalue weighted by atomic mass is 10.1. The molecule has 1 amide bonds. The van der Waals surface area contributed by atoms with Gasteiger partial charge in [-0.05, 0) is 43.3 Å². The van der Waals surface area contributed by atoms with Gasteiger partial charge in [0.25, 0.3) is 5.91 Å². The summed E-state index contributed by atoms with van der Waals surface area (Å²) in [6, 6.07) is 11.0. The van der Waals surface area contributed by atoms with Gasteiger partial charge in [0.1, 0.15) is 17.2 Å². The van der Waals surface area contributed by atoms with Crippen molar-refractivity contribution in [2.45, 2.75) is 6.92 Å². The molecule has 2 heterocycles. The van der Waals surface area contributed by atoms with Gasteiger partial charge in [-0.2, -0.15) is 5.10 Å². The van der Waals surface area contributed by atoms with Crippen LogP contribution in [0.1, 0.15) is 16.2 Å². The van der Waals surface area contributed by atoms with Gasteiger partial charge in [-0.3, -0.25) is 14.9 Å². The van der Waals surface area contributed by atoms with Crippen LogP contribution in [0.25, 0.3) is 11.3 Å². The molecule has 5 nitrogen and oxygen atoms in total. The average molecular weight is 296 g/mol. The van der Waals surface area contributed by atoms with E-state index in [1.165, 1.54) is 12.1 Å². The molecule has 6 heteroatoms. The zero-order valence-corrected chi connectivity index (χ0v) is 11.8. The Balaban J connectivity index is 1.93. The summed E-state index contributed by atoms with van der Waals surface area (Å²) in [5.74, 6) is -0.649. The summed E-state index contributed by atoms with van der Waals surface area (Å²) in [7, 11) is 0. The lowest BCUT2D eigenvalue weighted by Crippen LogP contribution is -2.14. The van der Waals surface area contributed by atoms with E-state index in [1.54, 1.807) is 43.5 Å². The van der Waals surface area contributed by atoms with Gasteiger partial charge < -0.3 is 5.32 Å². The zero-order chi connectivity index (χ0) is 15.5. The molecule has 1 aromatic carbocycles. The largest absolute Gasteiger partial charge is 0.317 e. The molecule has 3 rings (SSSR count). The minimum atomic E-state index is -0.325. The van der Waals surface area contributed by atoms with Gasteiger partial charge in [0, 0.05) is 11.8 Å². The molecule has 2 N–H and O–H groups in total. The molecule has 3 aromatic rings. The SMILES string of the molecule is Cc1[nH]nc(-c2ccc(F)cc2)c1NC(=O)c1ccccn1. The smallest absolute Gasteiger partial charge is 0.274 e. The molecule has 0 bridgehead atoms. The van der Waals surface area contributed by atoms with Gasteiger partial charge in [-0.25, -0.2) is 4.39 Å². The molecular formula is C16H13FN4O. The Kier molecular flexibility index (Phi) is 3.65. The van der Waals surface area contributed by atoms with Crippen LogP contribution in [0.3, 0.4) is 0 Å². The first-order valence-corrected chi connectivity index (χ1v) is 6.68. The number of hydrogen-bond donors (Lipinski definition) is 2. The fraction of sp³-hybridized carbons (Fsp3) is 0.0625. The predicted molar refractivity (Wildman–Crippen MR) is 80.9 cm³/mol. The fourth-order valence-corrected chi connectivity index (χ4v) is 2.07. The van der Waals surface area contributed by atoms with Crippen molar-refractivity contribution in [1.29, 1.82) is 0 Å². The number of nitrogens with zero attached hydrogens (tertiary/aromatic N) is 2. The van der Waals surface area contributed by atoms with Crippen LogP contribution < -0.4 is 5.32 Å².